The molecule has 0 spiro atoms. The standard InChI is InChI=1S/C16H9F3O2/c17-16(18,19)13-3-1-2-10(6-13)11-4-5-12-7-14(9-20)21-15(12)8-11/h1-9H. The number of hydrogen-bond donors (Lipinski definition) is 0. The summed E-state index contributed by atoms with van der Waals surface area (Å²) < 4.78 is 43.5. The molecule has 0 atom stereocenters. The Morgan fingerprint density at radius 1 is 0.952 bits per heavy atom. The maximum Gasteiger partial charge on any atom is 0.416 e. The Labute approximate surface area is 117 Å². The van der Waals surface area contributed by atoms with Crippen LogP contribution in [0, 0.1) is 0 Å². The minimum absolute atomic E-state index is 0.186. The second-order valence-corrected chi connectivity index (χ2v) is 4.60. The molecule has 3 rings (SSSR count). The van der Waals surface area contributed by atoms with Crippen molar-refractivity contribution in [3.63, 3.8) is 0 Å². The number of alkyl halides is 3. The van der Waals surface area contributed by atoms with E-state index in [1.165, 1.54) is 6.07 Å². The van der Waals surface area contributed by atoms with Crippen molar-refractivity contribution in [2.45, 2.75) is 6.18 Å². The highest BCUT2D eigenvalue weighted by atomic mass is 19.4. The van der Waals surface area contributed by atoms with Crippen LogP contribution in [0.15, 0.2) is 52.9 Å². The lowest BCUT2D eigenvalue weighted by Crippen LogP contribution is -2.04. The molecule has 0 unspecified atom stereocenters. The third-order valence-corrected chi connectivity index (χ3v) is 3.18. The minimum Gasteiger partial charge on any atom is -0.453 e. The lowest BCUT2D eigenvalue weighted by Gasteiger charge is -2.08. The van der Waals surface area contributed by atoms with Crippen LogP contribution in [0.1, 0.15) is 16.1 Å². The first-order valence-corrected chi connectivity index (χ1v) is 6.14. The molecule has 0 saturated carbocycles. The summed E-state index contributed by atoms with van der Waals surface area (Å²) in [7, 11) is 0. The van der Waals surface area contributed by atoms with Gasteiger partial charge in [-0.1, -0.05) is 24.3 Å². The number of furan rings is 1. The Hall–Kier alpha value is -2.56. The molecular formula is C16H9F3O2. The highest BCUT2D eigenvalue weighted by Crippen LogP contribution is 2.33. The molecule has 106 valence electrons. The van der Waals surface area contributed by atoms with Crippen LogP contribution in [0.25, 0.3) is 22.1 Å². The number of carbonyl (C=O) groups excluding carboxylic acids is 1. The van der Waals surface area contributed by atoms with E-state index in [-0.39, 0.29) is 5.76 Å². The van der Waals surface area contributed by atoms with Crippen LogP contribution in [0.4, 0.5) is 13.2 Å². The smallest absolute Gasteiger partial charge is 0.416 e. The van der Waals surface area contributed by atoms with Gasteiger partial charge in [-0.05, 0) is 35.4 Å². The number of carbonyl (C=O) groups is 1. The fraction of sp³-hybridized carbons (Fsp3) is 0.0625. The van der Waals surface area contributed by atoms with E-state index in [4.69, 9.17) is 4.42 Å². The van der Waals surface area contributed by atoms with E-state index < -0.39 is 11.7 Å². The fourth-order valence-corrected chi connectivity index (χ4v) is 2.16. The van der Waals surface area contributed by atoms with Gasteiger partial charge >= 0.3 is 6.18 Å². The molecule has 0 saturated heterocycles. The van der Waals surface area contributed by atoms with Gasteiger partial charge < -0.3 is 4.42 Å². The summed E-state index contributed by atoms with van der Waals surface area (Å²) in [5, 5.41) is 0.729. The van der Waals surface area contributed by atoms with Gasteiger partial charge in [0.1, 0.15) is 5.58 Å². The van der Waals surface area contributed by atoms with Gasteiger partial charge in [-0.2, -0.15) is 13.2 Å². The lowest BCUT2D eigenvalue weighted by molar-refractivity contribution is -0.137. The lowest BCUT2D eigenvalue weighted by atomic mass is 10.0. The molecule has 1 aromatic heterocycles. The van der Waals surface area contributed by atoms with Gasteiger partial charge in [-0.15, -0.1) is 0 Å². The van der Waals surface area contributed by atoms with Crippen molar-refractivity contribution >= 4 is 17.3 Å². The van der Waals surface area contributed by atoms with Crippen molar-refractivity contribution in [1.29, 1.82) is 0 Å². The molecular weight excluding hydrogens is 281 g/mol. The van der Waals surface area contributed by atoms with Crippen LogP contribution in [-0.4, -0.2) is 6.29 Å². The van der Waals surface area contributed by atoms with Gasteiger partial charge in [-0.3, -0.25) is 4.79 Å². The fourth-order valence-electron chi connectivity index (χ4n) is 2.16. The third kappa shape index (κ3) is 2.54. The van der Waals surface area contributed by atoms with Crippen LogP contribution in [0.2, 0.25) is 0 Å². The Balaban J connectivity index is 2.09. The molecule has 0 aliphatic rings. The number of aldehydes is 1. The van der Waals surface area contributed by atoms with E-state index >= 15 is 0 Å². The number of rotatable bonds is 2. The molecule has 2 aromatic carbocycles. The second kappa shape index (κ2) is 4.77. The number of benzene rings is 2. The van der Waals surface area contributed by atoms with E-state index in [2.05, 4.69) is 0 Å². The van der Waals surface area contributed by atoms with Crippen molar-refractivity contribution in [1.82, 2.24) is 0 Å². The Morgan fingerprint density at radius 2 is 1.71 bits per heavy atom. The molecule has 2 nitrogen and oxygen atoms in total. The van der Waals surface area contributed by atoms with E-state index in [1.54, 1.807) is 30.3 Å². The van der Waals surface area contributed by atoms with Crippen molar-refractivity contribution in [2.24, 2.45) is 0 Å². The van der Waals surface area contributed by atoms with Crippen LogP contribution < -0.4 is 0 Å². The minimum atomic E-state index is -4.38. The first-order valence-electron chi connectivity index (χ1n) is 6.14. The largest absolute Gasteiger partial charge is 0.453 e. The van der Waals surface area contributed by atoms with Gasteiger partial charge in [0.25, 0.3) is 0 Å². The topological polar surface area (TPSA) is 30.2 Å². The quantitative estimate of drug-likeness (QED) is 0.626. The van der Waals surface area contributed by atoms with Crippen molar-refractivity contribution in [3.8, 4) is 11.1 Å². The van der Waals surface area contributed by atoms with Crippen molar-refractivity contribution in [3.05, 3.63) is 59.9 Å². The predicted octanol–water partition coefficient (Wildman–Crippen LogP) is 4.93. The third-order valence-electron chi connectivity index (χ3n) is 3.18. The van der Waals surface area contributed by atoms with Gasteiger partial charge in [0.05, 0.1) is 5.56 Å². The number of hydrogen-bond acceptors (Lipinski definition) is 2. The van der Waals surface area contributed by atoms with E-state index in [0.717, 1.165) is 17.5 Å². The molecule has 1 heterocycles. The van der Waals surface area contributed by atoms with E-state index in [0.29, 0.717) is 23.0 Å². The maximum absolute atomic E-state index is 12.7. The van der Waals surface area contributed by atoms with Gasteiger partial charge in [-0.25, -0.2) is 0 Å². The summed E-state index contributed by atoms with van der Waals surface area (Å²) in [4.78, 5) is 10.7. The van der Waals surface area contributed by atoms with Gasteiger partial charge in [0.15, 0.2) is 12.0 Å². The Morgan fingerprint density at radius 3 is 2.43 bits per heavy atom. The summed E-state index contributed by atoms with van der Waals surface area (Å²) >= 11 is 0. The van der Waals surface area contributed by atoms with Gasteiger partial charge in [0, 0.05) is 5.39 Å². The second-order valence-electron chi connectivity index (χ2n) is 4.60. The van der Waals surface area contributed by atoms with Crippen LogP contribution >= 0.6 is 0 Å². The van der Waals surface area contributed by atoms with E-state index in [1.807, 2.05) is 0 Å². The molecule has 0 N–H and O–H groups in total. The average Bonchev–Trinajstić information content (AvgIpc) is 2.88. The first kappa shape index (κ1) is 13.4. The summed E-state index contributed by atoms with van der Waals surface area (Å²) in [6.45, 7) is 0. The zero-order chi connectivity index (χ0) is 15.0. The van der Waals surface area contributed by atoms with E-state index in [9.17, 15) is 18.0 Å². The highest BCUT2D eigenvalue weighted by Gasteiger charge is 2.30. The summed E-state index contributed by atoms with van der Waals surface area (Å²) in [5.41, 5.74) is 0.802. The molecule has 3 aromatic rings. The maximum atomic E-state index is 12.7. The van der Waals surface area contributed by atoms with Crippen LogP contribution in [0.3, 0.4) is 0 Å². The van der Waals surface area contributed by atoms with Crippen molar-refractivity contribution in [2.75, 3.05) is 0 Å². The number of halogens is 3. The number of fused-ring (bicyclic) bond motifs is 1. The predicted molar refractivity (Wildman–Crippen MR) is 72.0 cm³/mol. The average molecular weight is 290 g/mol. The molecule has 0 amide bonds. The molecule has 0 fully saturated rings. The molecule has 5 heteroatoms. The summed E-state index contributed by atoms with van der Waals surface area (Å²) in [5.74, 6) is 0.186. The van der Waals surface area contributed by atoms with Gasteiger partial charge in [0.2, 0.25) is 0 Å². The molecule has 0 bridgehead atoms. The van der Waals surface area contributed by atoms with Crippen molar-refractivity contribution < 1.29 is 22.4 Å². The van der Waals surface area contributed by atoms with Crippen LogP contribution in [-0.2, 0) is 6.18 Å². The summed E-state index contributed by atoms with van der Waals surface area (Å²) in [6, 6.07) is 11.7. The zero-order valence-corrected chi connectivity index (χ0v) is 10.6. The molecule has 0 radical (unpaired) electrons. The Kier molecular flexibility index (Phi) is 3.05. The molecule has 0 aliphatic carbocycles. The SMILES string of the molecule is O=Cc1cc2ccc(-c3cccc(C(F)(F)F)c3)cc2o1. The normalized spacial score (nSPS) is 11.8. The van der Waals surface area contributed by atoms with Crippen LogP contribution in [0.5, 0.6) is 0 Å². The summed E-state index contributed by atoms with van der Waals surface area (Å²) in [6.07, 6.45) is -3.79. The highest BCUT2D eigenvalue weighted by molar-refractivity contribution is 5.88. The zero-order valence-electron chi connectivity index (χ0n) is 10.6. The monoisotopic (exact) mass is 290 g/mol. The first-order chi connectivity index (χ1) is 9.97. The molecule has 0 aliphatic heterocycles. The Bertz CT molecular complexity index is 816. The molecule has 21 heavy (non-hydrogen) atoms.